The molecule has 1 saturated heterocycles. The highest BCUT2D eigenvalue weighted by Crippen LogP contribution is 2.22. The van der Waals surface area contributed by atoms with Gasteiger partial charge in [0.25, 0.3) is 0 Å². The second-order valence-corrected chi connectivity index (χ2v) is 7.36. The van der Waals surface area contributed by atoms with Gasteiger partial charge in [0, 0.05) is 18.7 Å². The summed E-state index contributed by atoms with van der Waals surface area (Å²) in [4.78, 5) is 0.0633. The van der Waals surface area contributed by atoms with Gasteiger partial charge in [-0.3, -0.25) is 4.72 Å². The molecule has 0 spiro atoms. The Morgan fingerprint density at radius 3 is 2.57 bits per heavy atom. The number of rotatable bonds is 4. The van der Waals surface area contributed by atoms with Crippen LogP contribution in [0.5, 0.6) is 0 Å². The highest BCUT2D eigenvalue weighted by atomic mass is 32.2. The number of anilines is 1. The largest absolute Gasteiger partial charge is 0.389 e. The quantitative estimate of drug-likeness (QED) is 0.826. The van der Waals surface area contributed by atoms with Crippen molar-refractivity contribution in [2.24, 2.45) is 11.7 Å². The number of hydrogen-bond acceptors (Lipinski definition) is 3. The van der Waals surface area contributed by atoms with Gasteiger partial charge in [-0.25, -0.2) is 4.39 Å². The highest BCUT2D eigenvalue weighted by Gasteiger charge is 2.27. The maximum absolute atomic E-state index is 13.9. The average molecular weight is 331 g/mol. The normalized spacial score (nSPS) is 17.6. The minimum atomic E-state index is -3.74. The van der Waals surface area contributed by atoms with E-state index in [-0.39, 0.29) is 10.7 Å². The molecule has 0 amide bonds. The summed E-state index contributed by atoms with van der Waals surface area (Å²) in [6.45, 7) is 2.98. The summed E-state index contributed by atoms with van der Waals surface area (Å²) in [7, 11) is -3.74. The molecule has 0 atom stereocenters. The van der Waals surface area contributed by atoms with Crippen LogP contribution in [0.3, 0.4) is 0 Å². The van der Waals surface area contributed by atoms with Crippen LogP contribution in [-0.2, 0) is 10.2 Å². The molecule has 1 aliphatic rings. The van der Waals surface area contributed by atoms with Crippen molar-refractivity contribution in [3.8, 4) is 0 Å². The van der Waals surface area contributed by atoms with E-state index >= 15 is 0 Å². The summed E-state index contributed by atoms with van der Waals surface area (Å²) in [6.07, 6.45) is 1.62. The molecule has 8 heteroatoms. The van der Waals surface area contributed by atoms with Crippen LogP contribution in [0.4, 0.5) is 10.1 Å². The molecule has 5 nitrogen and oxygen atoms in total. The zero-order chi connectivity index (χ0) is 15.6. The zero-order valence-corrected chi connectivity index (χ0v) is 13.3. The first-order valence-electron chi connectivity index (χ1n) is 6.67. The molecule has 1 heterocycles. The van der Waals surface area contributed by atoms with E-state index in [0.29, 0.717) is 24.6 Å². The molecular weight excluding hydrogens is 313 g/mol. The second kappa shape index (κ2) is 6.25. The van der Waals surface area contributed by atoms with Crippen molar-refractivity contribution < 1.29 is 12.8 Å². The number of thiocarbonyl (C=S) groups is 1. The van der Waals surface area contributed by atoms with Crippen LogP contribution < -0.4 is 10.5 Å². The lowest BCUT2D eigenvalue weighted by Gasteiger charge is -2.29. The van der Waals surface area contributed by atoms with E-state index in [1.54, 1.807) is 0 Å². The molecule has 1 fully saturated rings. The number of piperidine rings is 1. The Hall–Kier alpha value is -1.25. The van der Waals surface area contributed by atoms with Crippen LogP contribution in [0.1, 0.15) is 25.3 Å². The van der Waals surface area contributed by atoms with Crippen LogP contribution in [0, 0.1) is 11.7 Å². The van der Waals surface area contributed by atoms with Gasteiger partial charge in [-0.15, -0.1) is 0 Å². The van der Waals surface area contributed by atoms with Crippen LogP contribution in [0.25, 0.3) is 0 Å². The summed E-state index contributed by atoms with van der Waals surface area (Å²) in [5.74, 6) is -0.188. The topological polar surface area (TPSA) is 75.4 Å². The SMILES string of the molecule is CC1CCN(S(=O)(=O)Nc2ccc(C(N)=S)cc2F)CC1. The van der Waals surface area contributed by atoms with Crippen molar-refractivity contribution in [2.45, 2.75) is 19.8 Å². The maximum atomic E-state index is 13.9. The fraction of sp³-hybridized carbons (Fsp3) is 0.462. The minimum absolute atomic E-state index is 0.0633. The van der Waals surface area contributed by atoms with E-state index in [1.165, 1.54) is 16.4 Å². The molecule has 0 aromatic heterocycles. The fourth-order valence-corrected chi connectivity index (χ4v) is 3.57. The van der Waals surface area contributed by atoms with E-state index in [0.717, 1.165) is 18.9 Å². The third kappa shape index (κ3) is 3.90. The summed E-state index contributed by atoms with van der Waals surface area (Å²) in [5.41, 5.74) is 5.66. The zero-order valence-electron chi connectivity index (χ0n) is 11.7. The molecule has 1 aromatic carbocycles. The van der Waals surface area contributed by atoms with Crippen molar-refractivity contribution in [3.63, 3.8) is 0 Å². The van der Waals surface area contributed by atoms with Crippen molar-refractivity contribution in [1.29, 1.82) is 0 Å². The van der Waals surface area contributed by atoms with E-state index in [9.17, 15) is 12.8 Å². The number of halogens is 1. The Balaban J connectivity index is 2.15. The van der Waals surface area contributed by atoms with Gasteiger partial charge in [0.15, 0.2) is 0 Å². The standard InChI is InChI=1S/C13H18FN3O2S2/c1-9-4-6-17(7-5-9)21(18,19)16-12-3-2-10(13(15)20)8-11(12)14/h2-3,8-9,16H,4-7H2,1H3,(H2,15,20). The van der Waals surface area contributed by atoms with Crippen molar-refractivity contribution in [3.05, 3.63) is 29.6 Å². The van der Waals surface area contributed by atoms with E-state index in [1.807, 2.05) is 0 Å². The first-order chi connectivity index (χ1) is 9.79. The average Bonchev–Trinajstić information content (AvgIpc) is 2.41. The first kappa shape index (κ1) is 16.1. The minimum Gasteiger partial charge on any atom is -0.389 e. The molecule has 3 N–H and O–H groups in total. The summed E-state index contributed by atoms with van der Waals surface area (Å²) >= 11 is 4.75. The van der Waals surface area contributed by atoms with Crippen molar-refractivity contribution in [2.75, 3.05) is 17.8 Å². The Labute approximate surface area is 129 Å². The fourth-order valence-electron chi connectivity index (χ4n) is 2.18. The van der Waals surface area contributed by atoms with Crippen LogP contribution in [-0.4, -0.2) is 30.8 Å². The van der Waals surface area contributed by atoms with Crippen molar-refractivity contribution in [1.82, 2.24) is 4.31 Å². The number of hydrogen-bond donors (Lipinski definition) is 2. The van der Waals surface area contributed by atoms with Gasteiger partial charge in [-0.2, -0.15) is 12.7 Å². The molecule has 1 aromatic rings. The predicted molar refractivity (Wildman–Crippen MR) is 84.8 cm³/mol. The van der Waals surface area contributed by atoms with Crippen LogP contribution in [0.15, 0.2) is 18.2 Å². The molecule has 0 aliphatic carbocycles. The number of nitrogens with one attached hydrogen (secondary N) is 1. The Morgan fingerprint density at radius 1 is 1.43 bits per heavy atom. The monoisotopic (exact) mass is 331 g/mol. The lowest BCUT2D eigenvalue weighted by Crippen LogP contribution is -2.41. The van der Waals surface area contributed by atoms with E-state index < -0.39 is 16.0 Å². The molecule has 0 unspecified atom stereocenters. The Kier molecular flexibility index (Phi) is 4.80. The first-order valence-corrected chi connectivity index (χ1v) is 8.51. The second-order valence-electron chi connectivity index (χ2n) is 5.25. The third-order valence-electron chi connectivity index (χ3n) is 3.58. The number of nitrogens with two attached hydrogens (primary N) is 1. The van der Waals surface area contributed by atoms with Crippen molar-refractivity contribution >= 4 is 33.1 Å². The van der Waals surface area contributed by atoms with Crippen LogP contribution in [0.2, 0.25) is 0 Å². The Bertz CT molecular complexity index is 641. The summed E-state index contributed by atoms with van der Waals surface area (Å²) < 4.78 is 42.0. The van der Waals surface area contributed by atoms with E-state index in [2.05, 4.69) is 11.6 Å². The smallest absolute Gasteiger partial charge is 0.301 e. The van der Waals surface area contributed by atoms with Gasteiger partial charge < -0.3 is 5.73 Å². The molecule has 1 aliphatic heterocycles. The molecule has 116 valence electrons. The van der Waals surface area contributed by atoms with Gasteiger partial charge in [0.2, 0.25) is 0 Å². The van der Waals surface area contributed by atoms with Gasteiger partial charge in [0.05, 0.1) is 5.69 Å². The molecular formula is C13H18FN3O2S2. The highest BCUT2D eigenvalue weighted by molar-refractivity contribution is 7.90. The third-order valence-corrected chi connectivity index (χ3v) is 5.33. The predicted octanol–water partition coefficient (Wildman–Crippen LogP) is 1.85. The molecule has 2 rings (SSSR count). The van der Waals surface area contributed by atoms with Gasteiger partial charge in [-0.1, -0.05) is 19.1 Å². The summed E-state index contributed by atoms with van der Waals surface area (Å²) in [5, 5.41) is 0. The Morgan fingerprint density at radius 2 is 2.05 bits per heavy atom. The van der Waals surface area contributed by atoms with Gasteiger partial charge >= 0.3 is 10.2 Å². The molecule has 21 heavy (non-hydrogen) atoms. The molecule has 0 saturated carbocycles. The number of nitrogens with zero attached hydrogens (tertiary/aromatic N) is 1. The number of benzene rings is 1. The van der Waals surface area contributed by atoms with Gasteiger partial charge in [-0.05, 0) is 37.0 Å². The van der Waals surface area contributed by atoms with Crippen LogP contribution >= 0.6 is 12.2 Å². The maximum Gasteiger partial charge on any atom is 0.301 e. The summed E-state index contributed by atoms with van der Waals surface area (Å²) in [6, 6.07) is 3.94. The lowest BCUT2D eigenvalue weighted by atomic mass is 10.0. The molecule has 0 radical (unpaired) electrons. The molecule has 0 bridgehead atoms. The lowest BCUT2D eigenvalue weighted by molar-refractivity contribution is 0.289. The van der Waals surface area contributed by atoms with Gasteiger partial charge in [0.1, 0.15) is 10.8 Å². The van der Waals surface area contributed by atoms with E-state index in [4.69, 9.17) is 18.0 Å².